The Morgan fingerprint density at radius 1 is 1.50 bits per heavy atom. The van der Waals surface area contributed by atoms with Crippen molar-refractivity contribution in [1.29, 1.82) is 0 Å². The predicted molar refractivity (Wildman–Crippen MR) is 80.3 cm³/mol. The molecule has 2 aromatic rings. The highest BCUT2D eigenvalue weighted by Gasteiger charge is 2.35. The highest BCUT2D eigenvalue weighted by molar-refractivity contribution is 5.99. The van der Waals surface area contributed by atoms with E-state index < -0.39 is 0 Å². The first-order chi connectivity index (χ1) is 10.5. The second-order valence-electron chi connectivity index (χ2n) is 5.75. The van der Waals surface area contributed by atoms with Crippen molar-refractivity contribution in [2.45, 2.75) is 25.5 Å². The summed E-state index contributed by atoms with van der Waals surface area (Å²) in [4.78, 5) is 17.3. The van der Waals surface area contributed by atoms with Crippen LogP contribution in [0.3, 0.4) is 0 Å². The zero-order valence-electron chi connectivity index (χ0n) is 12.6. The Hall–Kier alpha value is -1.92. The lowest BCUT2D eigenvalue weighted by Gasteiger charge is -2.21. The Morgan fingerprint density at radius 3 is 2.95 bits per heavy atom. The molecule has 22 heavy (non-hydrogen) atoms. The van der Waals surface area contributed by atoms with Crippen LogP contribution >= 0.6 is 0 Å². The summed E-state index contributed by atoms with van der Waals surface area (Å²) in [7, 11) is 1.60. The van der Waals surface area contributed by atoms with Gasteiger partial charge in [-0.15, -0.1) is 0 Å². The van der Waals surface area contributed by atoms with Gasteiger partial charge in [-0.2, -0.15) is 0 Å². The number of aryl methyl sites for hydroxylation is 1. The van der Waals surface area contributed by atoms with Crippen LogP contribution in [0.5, 0.6) is 0 Å². The molecule has 6 heteroatoms. The number of ether oxygens (including phenoxy) is 1. The van der Waals surface area contributed by atoms with Crippen molar-refractivity contribution in [2.24, 2.45) is 0 Å². The molecule has 0 saturated carbocycles. The van der Waals surface area contributed by atoms with Gasteiger partial charge in [0.1, 0.15) is 11.5 Å². The van der Waals surface area contributed by atoms with Crippen LogP contribution in [-0.4, -0.2) is 53.3 Å². The van der Waals surface area contributed by atoms with Gasteiger partial charge in [0.15, 0.2) is 0 Å². The lowest BCUT2D eigenvalue weighted by Crippen LogP contribution is -2.38. The number of nitrogens with one attached hydrogen (secondary N) is 1. The van der Waals surface area contributed by atoms with Gasteiger partial charge in [-0.25, -0.2) is 4.39 Å². The number of amides is 1. The SMILES string of the molecule is CO[C@H]1C[C@@H](CO)N(C(=O)c2cc3c(C)cc(F)cc3[nH]2)C1. The van der Waals surface area contributed by atoms with Gasteiger partial charge in [0.25, 0.3) is 5.91 Å². The van der Waals surface area contributed by atoms with Gasteiger partial charge in [0, 0.05) is 24.6 Å². The van der Waals surface area contributed by atoms with Crippen LogP contribution in [0.25, 0.3) is 10.9 Å². The summed E-state index contributed by atoms with van der Waals surface area (Å²) in [6.07, 6.45) is 0.553. The Kier molecular flexibility index (Phi) is 3.88. The van der Waals surface area contributed by atoms with Crippen molar-refractivity contribution in [2.75, 3.05) is 20.3 Å². The molecule has 1 saturated heterocycles. The molecule has 0 radical (unpaired) electrons. The van der Waals surface area contributed by atoms with E-state index in [2.05, 4.69) is 4.98 Å². The van der Waals surface area contributed by atoms with Crippen LogP contribution < -0.4 is 0 Å². The summed E-state index contributed by atoms with van der Waals surface area (Å²) in [6.45, 7) is 2.16. The smallest absolute Gasteiger partial charge is 0.270 e. The maximum Gasteiger partial charge on any atom is 0.270 e. The number of carbonyl (C=O) groups excluding carboxylic acids is 1. The quantitative estimate of drug-likeness (QED) is 0.909. The number of methoxy groups -OCH3 is 1. The summed E-state index contributed by atoms with van der Waals surface area (Å²) in [6, 6.07) is 4.31. The number of halogens is 1. The predicted octanol–water partition coefficient (Wildman–Crippen LogP) is 1.84. The Balaban J connectivity index is 1.93. The molecule has 118 valence electrons. The zero-order chi connectivity index (χ0) is 15.9. The van der Waals surface area contributed by atoms with Crippen molar-refractivity contribution in [3.8, 4) is 0 Å². The minimum absolute atomic E-state index is 0.0651. The number of benzene rings is 1. The van der Waals surface area contributed by atoms with E-state index in [1.807, 2.05) is 0 Å². The van der Waals surface area contributed by atoms with E-state index in [0.717, 1.165) is 10.9 Å². The number of hydrogen-bond donors (Lipinski definition) is 2. The summed E-state index contributed by atoms with van der Waals surface area (Å²) >= 11 is 0. The molecule has 2 heterocycles. The second kappa shape index (κ2) is 5.70. The normalized spacial score (nSPS) is 21.7. The number of fused-ring (bicyclic) bond motifs is 1. The fourth-order valence-electron chi connectivity index (χ4n) is 3.11. The van der Waals surface area contributed by atoms with Crippen molar-refractivity contribution in [3.05, 3.63) is 35.3 Å². The number of nitrogens with zero attached hydrogens (tertiary/aromatic N) is 1. The van der Waals surface area contributed by atoms with E-state index in [9.17, 15) is 14.3 Å². The average Bonchev–Trinajstić information content (AvgIpc) is 3.09. The third kappa shape index (κ3) is 2.48. The standard InChI is InChI=1S/C16H19FN2O3/c1-9-3-10(17)4-14-13(9)6-15(18-14)16(21)19-7-12(22-2)5-11(19)8-20/h3-4,6,11-12,18,20H,5,7-8H2,1-2H3/t11-,12-/m0/s1. The lowest BCUT2D eigenvalue weighted by molar-refractivity contribution is 0.0643. The molecule has 1 fully saturated rings. The summed E-state index contributed by atoms with van der Waals surface area (Å²) < 4.78 is 18.7. The fraction of sp³-hybridized carbons (Fsp3) is 0.438. The van der Waals surface area contributed by atoms with Crippen molar-refractivity contribution >= 4 is 16.8 Å². The first-order valence-corrected chi connectivity index (χ1v) is 7.27. The number of aromatic nitrogens is 1. The minimum Gasteiger partial charge on any atom is -0.394 e. The fourth-order valence-corrected chi connectivity index (χ4v) is 3.11. The highest BCUT2D eigenvalue weighted by atomic mass is 19.1. The molecule has 0 bridgehead atoms. The van der Waals surface area contributed by atoms with E-state index in [1.165, 1.54) is 12.1 Å². The van der Waals surface area contributed by atoms with Gasteiger partial charge >= 0.3 is 0 Å². The third-order valence-corrected chi connectivity index (χ3v) is 4.32. The highest BCUT2D eigenvalue weighted by Crippen LogP contribution is 2.25. The Bertz CT molecular complexity index is 713. The van der Waals surface area contributed by atoms with Gasteiger partial charge in [-0.1, -0.05) is 0 Å². The summed E-state index contributed by atoms with van der Waals surface area (Å²) in [5.41, 5.74) is 1.78. The molecule has 3 rings (SSSR count). The number of aromatic amines is 1. The number of H-pyrrole nitrogens is 1. The monoisotopic (exact) mass is 306 g/mol. The summed E-state index contributed by atoms with van der Waals surface area (Å²) in [5.74, 6) is -0.533. The van der Waals surface area contributed by atoms with Gasteiger partial charge < -0.3 is 19.7 Å². The first kappa shape index (κ1) is 15.0. The molecular weight excluding hydrogens is 287 g/mol. The largest absolute Gasteiger partial charge is 0.394 e. The maximum atomic E-state index is 13.5. The van der Waals surface area contributed by atoms with Gasteiger partial charge in [-0.05, 0) is 37.1 Å². The summed E-state index contributed by atoms with van der Waals surface area (Å²) in [5, 5.41) is 10.3. The zero-order valence-corrected chi connectivity index (χ0v) is 12.6. The molecule has 2 atom stereocenters. The van der Waals surface area contributed by atoms with Crippen molar-refractivity contribution < 1.29 is 19.0 Å². The van der Waals surface area contributed by atoms with E-state index in [4.69, 9.17) is 4.74 Å². The number of hydrogen-bond acceptors (Lipinski definition) is 3. The van der Waals surface area contributed by atoms with Crippen LogP contribution in [0.15, 0.2) is 18.2 Å². The van der Waals surface area contributed by atoms with Crippen LogP contribution in [-0.2, 0) is 4.74 Å². The van der Waals surface area contributed by atoms with E-state index in [1.54, 1.807) is 25.0 Å². The van der Waals surface area contributed by atoms with Crippen molar-refractivity contribution in [1.82, 2.24) is 9.88 Å². The first-order valence-electron chi connectivity index (χ1n) is 7.27. The lowest BCUT2D eigenvalue weighted by atomic mass is 10.1. The van der Waals surface area contributed by atoms with Crippen LogP contribution in [0.1, 0.15) is 22.5 Å². The molecule has 1 amide bonds. The number of aliphatic hydroxyl groups excluding tert-OH is 1. The van der Waals surface area contributed by atoms with Crippen LogP contribution in [0.4, 0.5) is 4.39 Å². The Morgan fingerprint density at radius 2 is 2.27 bits per heavy atom. The molecule has 1 aromatic carbocycles. The molecule has 1 aromatic heterocycles. The Labute approximate surface area is 127 Å². The van der Waals surface area contributed by atoms with Crippen molar-refractivity contribution in [3.63, 3.8) is 0 Å². The number of carbonyl (C=O) groups is 1. The maximum absolute atomic E-state index is 13.5. The molecule has 1 aliphatic heterocycles. The van der Waals surface area contributed by atoms with Crippen LogP contribution in [0, 0.1) is 12.7 Å². The van der Waals surface area contributed by atoms with Crippen LogP contribution in [0.2, 0.25) is 0 Å². The van der Waals surface area contributed by atoms with E-state index >= 15 is 0 Å². The van der Waals surface area contributed by atoms with Gasteiger partial charge in [0.05, 0.1) is 18.8 Å². The molecule has 0 spiro atoms. The molecule has 0 unspecified atom stereocenters. The van der Waals surface area contributed by atoms with Gasteiger partial charge in [-0.3, -0.25) is 4.79 Å². The molecule has 1 aliphatic rings. The molecule has 5 nitrogen and oxygen atoms in total. The van der Waals surface area contributed by atoms with E-state index in [0.29, 0.717) is 24.2 Å². The number of likely N-dealkylation sites (tertiary alicyclic amines) is 1. The third-order valence-electron chi connectivity index (χ3n) is 4.32. The molecule has 2 N–H and O–H groups in total. The topological polar surface area (TPSA) is 65.6 Å². The molecule has 0 aliphatic carbocycles. The minimum atomic E-state index is -0.334. The molecular formula is C16H19FN2O3. The second-order valence-corrected chi connectivity index (χ2v) is 5.75. The average molecular weight is 306 g/mol. The van der Waals surface area contributed by atoms with E-state index in [-0.39, 0.29) is 30.5 Å². The number of rotatable bonds is 3. The van der Waals surface area contributed by atoms with Gasteiger partial charge in [0.2, 0.25) is 0 Å². The number of aliphatic hydroxyl groups is 1.